The Labute approximate surface area is 111 Å². The molecular weight excluding hydrogens is 244 g/mol. The fraction of sp³-hybridized carbons (Fsp3) is 0.538. The Bertz CT molecular complexity index is 451. The number of hydrogen-bond acceptors (Lipinski definition) is 4. The Morgan fingerprint density at radius 1 is 1.44 bits per heavy atom. The molecule has 2 aromatic heterocycles. The first-order chi connectivity index (χ1) is 8.92. The summed E-state index contributed by atoms with van der Waals surface area (Å²) in [7, 11) is 0. The molecule has 0 aromatic carbocycles. The van der Waals surface area contributed by atoms with Crippen LogP contribution < -0.4 is 0 Å². The highest BCUT2D eigenvalue weighted by atomic mass is 32.1. The monoisotopic (exact) mass is 262 g/mol. The highest BCUT2D eigenvalue weighted by Crippen LogP contribution is 2.20. The zero-order chi connectivity index (χ0) is 12.2. The fourth-order valence-electron chi connectivity index (χ4n) is 2.65. The van der Waals surface area contributed by atoms with Crippen LogP contribution in [-0.4, -0.2) is 38.8 Å². The molecule has 1 fully saturated rings. The van der Waals surface area contributed by atoms with Gasteiger partial charge in [0.05, 0.1) is 6.54 Å². The van der Waals surface area contributed by atoms with Crippen molar-refractivity contribution in [3.05, 3.63) is 35.0 Å². The van der Waals surface area contributed by atoms with Crippen LogP contribution in [0.25, 0.3) is 0 Å². The molecule has 0 unspecified atom stereocenters. The van der Waals surface area contributed by atoms with Gasteiger partial charge in [0.15, 0.2) is 0 Å². The molecule has 18 heavy (non-hydrogen) atoms. The lowest BCUT2D eigenvalue weighted by molar-refractivity contribution is 0.230. The zero-order valence-corrected chi connectivity index (χ0v) is 11.2. The van der Waals surface area contributed by atoms with Crippen LogP contribution in [0.2, 0.25) is 0 Å². The minimum atomic E-state index is 0.631. The van der Waals surface area contributed by atoms with E-state index in [1.165, 1.54) is 37.2 Å². The predicted octanol–water partition coefficient (Wildman–Crippen LogP) is 2.05. The summed E-state index contributed by atoms with van der Waals surface area (Å²) in [5.74, 6) is 0. The van der Waals surface area contributed by atoms with Crippen LogP contribution in [0.1, 0.15) is 17.7 Å². The smallest absolute Gasteiger partial charge is 0.137 e. The van der Waals surface area contributed by atoms with Crippen LogP contribution in [0.5, 0.6) is 0 Å². The second kappa shape index (κ2) is 5.63. The first-order valence-corrected chi connectivity index (χ1v) is 7.38. The molecule has 0 saturated carbocycles. The Hall–Kier alpha value is -1.20. The Kier molecular flexibility index (Phi) is 3.71. The van der Waals surface area contributed by atoms with Crippen molar-refractivity contribution in [1.82, 2.24) is 19.7 Å². The second-order valence-electron chi connectivity index (χ2n) is 4.78. The molecule has 0 aliphatic carbocycles. The Morgan fingerprint density at radius 3 is 3.22 bits per heavy atom. The van der Waals surface area contributed by atoms with Gasteiger partial charge in [-0.15, -0.1) is 11.3 Å². The summed E-state index contributed by atoms with van der Waals surface area (Å²) in [5, 5.41) is 6.36. The van der Waals surface area contributed by atoms with Gasteiger partial charge >= 0.3 is 0 Å². The van der Waals surface area contributed by atoms with E-state index in [0.29, 0.717) is 6.04 Å². The van der Waals surface area contributed by atoms with E-state index in [1.807, 2.05) is 22.3 Å². The van der Waals surface area contributed by atoms with Crippen molar-refractivity contribution in [2.75, 3.05) is 13.1 Å². The van der Waals surface area contributed by atoms with Crippen LogP contribution in [0.15, 0.2) is 30.2 Å². The molecule has 3 heterocycles. The summed E-state index contributed by atoms with van der Waals surface area (Å²) < 4.78 is 1.95. The molecule has 96 valence electrons. The lowest BCUT2D eigenvalue weighted by Crippen LogP contribution is -2.34. The maximum atomic E-state index is 4.21. The van der Waals surface area contributed by atoms with Crippen molar-refractivity contribution in [1.29, 1.82) is 0 Å². The summed E-state index contributed by atoms with van der Waals surface area (Å²) in [6, 6.07) is 5.00. The highest BCUT2D eigenvalue weighted by molar-refractivity contribution is 7.09. The van der Waals surface area contributed by atoms with Crippen LogP contribution in [0.3, 0.4) is 0 Å². The molecule has 1 saturated heterocycles. The third-order valence-corrected chi connectivity index (χ3v) is 4.53. The average molecular weight is 262 g/mol. The Morgan fingerprint density at radius 2 is 2.44 bits per heavy atom. The van der Waals surface area contributed by atoms with Gasteiger partial charge in [0.2, 0.25) is 0 Å². The molecule has 1 atom stereocenters. The van der Waals surface area contributed by atoms with Crippen molar-refractivity contribution >= 4 is 11.3 Å². The van der Waals surface area contributed by atoms with E-state index in [2.05, 4.69) is 32.5 Å². The maximum Gasteiger partial charge on any atom is 0.137 e. The summed E-state index contributed by atoms with van der Waals surface area (Å²) in [6.07, 6.45) is 7.19. The van der Waals surface area contributed by atoms with Gasteiger partial charge in [-0.05, 0) is 37.3 Å². The molecule has 0 bridgehead atoms. The van der Waals surface area contributed by atoms with E-state index in [0.717, 1.165) is 6.54 Å². The molecule has 0 amide bonds. The molecule has 0 radical (unpaired) electrons. The number of thiophene rings is 1. The second-order valence-corrected chi connectivity index (χ2v) is 5.81. The van der Waals surface area contributed by atoms with Crippen molar-refractivity contribution in [2.24, 2.45) is 0 Å². The van der Waals surface area contributed by atoms with E-state index >= 15 is 0 Å². The molecule has 4 nitrogen and oxygen atoms in total. The van der Waals surface area contributed by atoms with Crippen molar-refractivity contribution < 1.29 is 0 Å². The Balaban J connectivity index is 1.54. The summed E-state index contributed by atoms with van der Waals surface area (Å²) in [4.78, 5) is 8.10. The third kappa shape index (κ3) is 2.79. The van der Waals surface area contributed by atoms with Crippen LogP contribution >= 0.6 is 11.3 Å². The minimum absolute atomic E-state index is 0.631. The topological polar surface area (TPSA) is 34.0 Å². The van der Waals surface area contributed by atoms with Gasteiger partial charge < -0.3 is 0 Å². The molecule has 0 N–H and O–H groups in total. The van der Waals surface area contributed by atoms with E-state index in [-0.39, 0.29) is 0 Å². The van der Waals surface area contributed by atoms with Crippen LogP contribution in [0, 0.1) is 0 Å². The van der Waals surface area contributed by atoms with Gasteiger partial charge in [0.1, 0.15) is 12.7 Å². The fourth-order valence-corrected chi connectivity index (χ4v) is 3.35. The maximum absolute atomic E-state index is 4.21. The van der Waals surface area contributed by atoms with Gasteiger partial charge in [-0.2, -0.15) is 5.10 Å². The third-order valence-electron chi connectivity index (χ3n) is 3.59. The van der Waals surface area contributed by atoms with Gasteiger partial charge in [-0.1, -0.05) is 6.07 Å². The number of rotatable bonds is 5. The standard InChI is InChI=1S/C13H18N4S/c1-3-12(9-17-11-14-10-15-17)16(6-1)7-5-13-4-2-8-18-13/h2,4,8,10-12H,1,3,5-7,9H2/t12-/m0/s1. The van der Waals surface area contributed by atoms with E-state index < -0.39 is 0 Å². The van der Waals surface area contributed by atoms with Crippen molar-refractivity contribution in [3.63, 3.8) is 0 Å². The number of aromatic nitrogens is 3. The largest absolute Gasteiger partial charge is 0.298 e. The zero-order valence-electron chi connectivity index (χ0n) is 10.4. The van der Waals surface area contributed by atoms with Gasteiger partial charge in [0.25, 0.3) is 0 Å². The molecule has 1 aliphatic heterocycles. The molecular formula is C13H18N4S. The summed E-state index contributed by atoms with van der Waals surface area (Å²) in [5.41, 5.74) is 0. The number of hydrogen-bond donors (Lipinski definition) is 0. The van der Waals surface area contributed by atoms with Crippen molar-refractivity contribution in [3.8, 4) is 0 Å². The number of nitrogens with zero attached hydrogens (tertiary/aromatic N) is 4. The van der Waals surface area contributed by atoms with Gasteiger partial charge in [-0.25, -0.2) is 4.98 Å². The molecule has 0 spiro atoms. The summed E-state index contributed by atoms with van der Waals surface area (Å²) >= 11 is 1.86. The lowest BCUT2D eigenvalue weighted by Gasteiger charge is -2.23. The van der Waals surface area contributed by atoms with E-state index in [9.17, 15) is 0 Å². The van der Waals surface area contributed by atoms with Gasteiger partial charge in [0, 0.05) is 17.5 Å². The van der Waals surface area contributed by atoms with Crippen LogP contribution in [-0.2, 0) is 13.0 Å². The molecule has 5 heteroatoms. The molecule has 1 aliphatic rings. The van der Waals surface area contributed by atoms with E-state index in [4.69, 9.17) is 0 Å². The first-order valence-electron chi connectivity index (χ1n) is 6.50. The number of likely N-dealkylation sites (tertiary alicyclic amines) is 1. The SMILES string of the molecule is c1csc(CCN2CCC[C@H]2Cn2cncn2)c1. The normalized spacial score (nSPS) is 20.6. The highest BCUT2D eigenvalue weighted by Gasteiger charge is 2.24. The quantitative estimate of drug-likeness (QED) is 0.827. The van der Waals surface area contributed by atoms with Gasteiger partial charge in [-0.3, -0.25) is 9.58 Å². The molecule has 2 aromatic rings. The van der Waals surface area contributed by atoms with Crippen LogP contribution in [0.4, 0.5) is 0 Å². The predicted molar refractivity (Wildman–Crippen MR) is 72.6 cm³/mol. The lowest BCUT2D eigenvalue weighted by atomic mass is 10.2. The summed E-state index contributed by atoms with van der Waals surface area (Å²) in [6.45, 7) is 3.37. The average Bonchev–Trinajstić information content (AvgIpc) is 3.10. The van der Waals surface area contributed by atoms with E-state index in [1.54, 1.807) is 6.33 Å². The minimum Gasteiger partial charge on any atom is -0.298 e. The molecule has 3 rings (SSSR count). The van der Waals surface area contributed by atoms with Crippen molar-refractivity contribution in [2.45, 2.75) is 31.8 Å². The first kappa shape index (κ1) is 11.9.